The second-order valence-corrected chi connectivity index (χ2v) is 5.59. The van der Waals surface area contributed by atoms with Gasteiger partial charge in [-0.3, -0.25) is 9.59 Å². The summed E-state index contributed by atoms with van der Waals surface area (Å²) in [7, 11) is 0. The molecule has 0 bridgehead atoms. The van der Waals surface area contributed by atoms with Gasteiger partial charge in [-0.05, 0) is 5.92 Å². The minimum Gasteiger partial charge on any atom is -0.301 e. The molecule has 5 nitrogen and oxygen atoms in total. The molecule has 86 valence electrons. The van der Waals surface area contributed by atoms with Crippen molar-refractivity contribution in [3.05, 3.63) is 6.20 Å². The highest BCUT2D eigenvalue weighted by Crippen LogP contribution is 2.28. The summed E-state index contributed by atoms with van der Waals surface area (Å²) in [6, 6.07) is 0. The lowest BCUT2D eigenvalue weighted by atomic mass is 10.1. The second kappa shape index (κ2) is 4.92. The highest BCUT2D eigenvalue weighted by Gasteiger charge is 2.31. The van der Waals surface area contributed by atoms with Crippen molar-refractivity contribution < 1.29 is 9.59 Å². The van der Waals surface area contributed by atoms with E-state index in [1.165, 1.54) is 23.3 Å². The molecule has 0 radical (unpaired) electrons. The largest absolute Gasteiger partial charge is 0.301 e. The van der Waals surface area contributed by atoms with Gasteiger partial charge in [-0.25, -0.2) is 0 Å². The van der Waals surface area contributed by atoms with Crippen molar-refractivity contribution in [1.82, 2.24) is 9.59 Å². The monoisotopic (exact) mass is 257 g/mol. The van der Waals surface area contributed by atoms with E-state index in [2.05, 4.69) is 9.59 Å². The standard InChI is InChI=1S/C9H11N3O2S2/c1-6(13)15-5-7-2-8(14)12(4-7)9-3-10-11-16-9/h3,7H,2,4-5H2,1H3. The van der Waals surface area contributed by atoms with Crippen LogP contribution in [0.1, 0.15) is 13.3 Å². The fraction of sp³-hybridized carbons (Fsp3) is 0.556. The van der Waals surface area contributed by atoms with E-state index in [1.807, 2.05) is 0 Å². The molecule has 7 heteroatoms. The molecule has 2 rings (SSSR count). The normalized spacial score (nSPS) is 20.4. The van der Waals surface area contributed by atoms with E-state index in [0.29, 0.717) is 18.7 Å². The molecule has 2 heterocycles. The molecule has 1 aromatic heterocycles. The molecule has 1 unspecified atom stereocenters. The quantitative estimate of drug-likeness (QED) is 0.813. The van der Waals surface area contributed by atoms with Crippen LogP contribution in [0.15, 0.2) is 6.20 Å². The lowest BCUT2D eigenvalue weighted by molar-refractivity contribution is -0.117. The number of carbonyl (C=O) groups is 2. The Kier molecular flexibility index (Phi) is 3.55. The molecule has 1 aliphatic rings. The van der Waals surface area contributed by atoms with Crippen molar-refractivity contribution in [2.24, 2.45) is 5.92 Å². The van der Waals surface area contributed by atoms with E-state index in [4.69, 9.17) is 0 Å². The molecule has 1 fully saturated rings. The summed E-state index contributed by atoms with van der Waals surface area (Å²) in [5.74, 6) is 1.06. The third-order valence-corrected chi connectivity index (χ3v) is 4.08. The first-order valence-electron chi connectivity index (χ1n) is 4.88. The first-order valence-corrected chi connectivity index (χ1v) is 6.64. The van der Waals surface area contributed by atoms with Gasteiger partial charge in [0.15, 0.2) is 5.12 Å². The van der Waals surface area contributed by atoms with Gasteiger partial charge < -0.3 is 4.90 Å². The fourth-order valence-electron chi connectivity index (χ4n) is 1.62. The predicted octanol–water partition coefficient (Wildman–Crippen LogP) is 1.17. The van der Waals surface area contributed by atoms with Crippen molar-refractivity contribution in [3.8, 4) is 0 Å². The van der Waals surface area contributed by atoms with Gasteiger partial charge in [0.1, 0.15) is 5.00 Å². The zero-order chi connectivity index (χ0) is 11.5. The third-order valence-electron chi connectivity index (χ3n) is 2.34. The van der Waals surface area contributed by atoms with Crippen molar-refractivity contribution >= 4 is 39.3 Å². The van der Waals surface area contributed by atoms with Crippen LogP contribution in [0.25, 0.3) is 0 Å². The summed E-state index contributed by atoms with van der Waals surface area (Å²) in [4.78, 5) is 24.3. The van der Waals surface area contributed by atoms with Crippen LogP contribution in [0, 0.1) is 5.92 Å². The number of thioether (sulfide) groups is 1. The molecule has 1 aliphatic heterocycles. The number of carbonyl (C=O) groups excluding carboxylic acids is 2. The molecule has 0 saturated carbocycles. The molecule has 1 atom stereocenters. The SMILES string of the molecule is CC(=O)SCC1CC(=O)N(c2cnns2)C1. The van der Waals surface area contributed by atoms with Crippen LogP contribution in [0.2, 0.25) is 0 Å². The van der Waals surface area contributed by atoms with Gasteiger partial charge in [-0.15, -0.1) is 5.10 Å². The number of aromatic nitrogens is 2. The molecule has 1 saturated heterocycles. The topological polar surface area (TPSA) is 63.2 Å². The van der Waals surface area contributed by atoms with E-state index in [0.717, 1.165) is 5.00 Å². The van der Waals surface area contributed by atoms with Crippen LogP contribution < -0.4 is 4.90 Å². The second-order valence-electron chi connectivity index (χ2n) is 3.63. The number of amides is 1. The molecule has 16 heavy (non-hydrogen) atoms. The summed E-state index contributed by atoms with van der Waals surface area (Å²) in [5, 5.41) is 4.61. The number of anilines is 1. The predicted molar refractivity (Wildman–Crippen MR) is 63.5 cm³/mol. The van der Waals surface area contributed by atoms with Gasteiger partial charge in [0.05, 0.1) is 6.20 Å². The summed E-state index contributed by atoms with van der Waals surface area (Å²) in [6.07, 6.45) is 2.11. The van der Waals surface area contributed by atoms with Gasteiger partial charge in [0, 0.05) is 37.2 Å². The summed E-state index contributed by atoms with van der Waals surface area (Å²) in [5.41, 5.74) is 0. The summed E-state index contributed by atoms with van der Waals surface area (Å²) in [6.45, 7) is 2.22. The van der Waals surface area contributed by atoms with E-state index in [-0.39, 0.29) is 16.9 Å². The number of rotatable bonds is 3. The number of nitrogens with zero attached hydrogens (tertiary/aromatic N) is 3. The van der Waals surface area contributed by atoms with Gasteiger partial charge in [0.25, 0.3) is 0 Å². The maximum absolute atomic E-state index is 11.7. The van der Waals surface area contributed by atoms with E-state index < -0.39 is 0 Å². The average molecular weight is 257 g/mol. The molecule has 0 aliphatic carbocycles. The van der Waals surface area contributed by atoms with Crippen molar-refractivity contribution in [2.45, 2.75) is 13.3 Å². The zero-order valence-corrected chi connectivity index (χ0v) is 10.4. The average Bonchev–Trinajstić information content (AvgIpc) is 2.83. The maximum atomic E-state index is 11.7. The Hall–Kier alpha value is -0.950. The Bertz CT molecular complexity index is 393. The third kappa shape index (κ3) is 2.59. The van der Waals surface area contributed by atoms with Crippen molar-refractivity contribution in [3.63, 3.8) is 0 Å². The minimum atomic E-state index is 0.0974. The van der Waals surface area contributed by atoms with Gasteiger partial charge in [-0.2, -0.15) is 0 Å². The van der Waals surface area contributed by atoms with E-state index >= 15 is 0 Å². The molecular formula is C9H11N3O2S2. The maximum Gasteiger partial charge on any atom is 0.228 e. The van der Waals surface area contributed by atoms with Crippen molar-refractivity contribution in [1.29, 1.82) is 0 Å². The van der Waals surface area contributed by atoms with Crippen molar-refractivity contribution in [2.75, 3.05) is 17.2 Å². The Balaban J connectivity index is 1.94. The lowest BCUT2D eigenvalue weighted by Crippen LogP contribution is -2.23. The minimum absolute atomic E-state index is 0.0974. The summed E-state index contributed by atoms with van der Waals surface area (Å²) < 4.78 is 3.74. The van der Waals surface area contributed by atoms with Crippen LogP contribution >= 0.6 is 23.3 Å². The molecule has 1 amide bonds. The van der Waals surface area contributed by atoms with Crippen LogP contribution in [-0.2, 0) is 9.59 Å². The molecule has 0 spiro atoms. The molecular weight excluding hydrogens is 246 g/mol. The molecule has 0 aromatic carbocycles. The van der Waals surface area contributed by atoms with Crippen LogP contribution in [0.5, 0.6) is 0 Å². The van der Waals surface area contributed by atoms with Gasteiger partial charge in [0.2, 0.25) is 5.91 Å². The van der Waals surface area contributed by atoms with Gasteiger partial charge in [-0.1, -0.05) is 16.3 Å². The number of hydrogen-bond acceptors (Lipinski definition) is 6. The van der Waals surface area contributed by atoms with E-state index in [9.17, 15) is 9.59 Å². The first kappa shape index (κ1) is 11.5. The lowest BCUT2D eigenvalue weighted by Gasteiger charge is -2.12. The summed E-state index contributed by atoms with van der Waals surface area (Å²) >= 11 is 2.50. The van der Waals surface area contributed by atoms with Crippen LogP contribution in [0.4, 0.5) is 5.00 Å². The van der Waals surface area contributed by atoms with Crippen LogP contribution in [-0.4, -0.2) is 32.9 Å². The molecule has 0 N–H and O–H groups in total. The Labute approximate surface area is 101 Å². The highest BCUT2D eigenvalue weighted by atomic mass is 32.2. The first-order chi connectivity index (χ1) is 7.66. The Morgan fingerprint density at radius 2 is 2.56 bits per heavy atom. The smallest absolute Gasteiger partial charge is 0.228 e. The van der Waals surface area contributed by atoms with E-state index in [1.54, 1.807) is 18.0 Å². The Morgan fingerprint density at radius 3 is 3.19 bits per heavy atom. The highest BCUT2D eigenvalue weighted by molar-refractivity contribution is 8.13. The fourth-order valence-corrected chi connectivity index (χ4v) is 2.86. The number of hydrogen-bond donors (Lipinski definition) is 0. The van der Waals surface area contributed by atoms with Crippen LogP contribution in [0.3, 0.4) is 0 Å². The Morgan fingerprint density at radius 1 is 1.75 bits per heavy atom. The van der Waals surface area contributed by atoms with Gasteiger partial charge >= 0.3 is 0 Å². The molecule has 1 aromatic rings. The zero-order valence-electron chi connectivity index (χ0n) is 8.75.